The van der Waals surface area contributed by atoms with Gasteiger partial charge in [0.05, 0.1) is 11.8 Å². The van der Waals surface area contributed by atoms with Crippen LogP contribution in [0.15, 0.2) is 36.4 Å². The van der Waals surface area contributed by atoms with Gasteiger partial charge in [-0.1, -0.05) is 43.2 Å². The van der Waals surface area contributed by atoms with Gasteiger partial charge in [0, 0.05) is 23.8 Å². The van der Waals surface area contributed by atoms with Crippen LogP contribution in [-0.2, 0) is 6.54 Å². The van der Waals surface area contributed by atoms with E-state index in [0.717, 1.165) is 42.8 Å². The maximum Gasteiger partial charge on any atom is 0.0924 e. The van der Waals surface area contributed by atoms with Gasteiger partial charge in [0.2, 0.25) is 0 Å². The van der Waals surface area contributed by atoms with E-state index in [0.29, 0.717) is 0 Å². The molecule has 0 unspecified atom stereocenters. The first-order valence-electron chi connectivity index (χ1n) is 7.72. The molecule has 2 N–H and O–H groups in total. The molecule has 1 aromatic heterocycles. The third-order valence-corrected chi connectivity index (χ3v) is 4.38. The smallest absolute Gasteiger partial charge is 0.0924 e. The first kappa shape index (κ1) is 14.3. The summed E-state index contributed by atoms with van der Waals surface area (Å²) in [6, 6.07) is 12.5. The summed E-state index contributed by atoms with van der Waals surface area (Å²) in [5.74, 6) is 0. The van der Waals surface area contributed by atoms with Gasteiger partial charge in [-0.3, -0.25) is 10.00 Å². The van der Waals surface area contributed by atoms with Crippen LogP contribution in [0.5, 0.6) is 0 Å². The van der Waals surface area contributed by atoms with Crippen LogP contribution in [0.2, 0.25) is 0 Å². The maximum atomic E-state index is 10.1. The average molecular weight is 285 g/mol. The summed E-state index contributed by atoms with van der Waals surface area (Å²) < 4.78 is 0. The Morgan fingerprint density at radius 3 is 2.76 bits per heavy atom. The number of benzene rings is 1. The summed E-state index contributed by atoms with van der Waals surface area (Å²) in [6.07, 6.45) is 4.17. The zero-order valence-electron chi connectivity index (χ0n) is 12.5. The largest absolute Gasteiger partial charge is 0.391 e. The molecule has 112 valence electrons. The minimum absolute atomic E-state index is 0.194. The Bertz CT molecular complexity index is 566. The highest BCUT2D eigenvalue weighted by molar-refractivity contribution is 5.58. The predicted octanol–water partition coefficient (Wildman–Crippen LogP) is 2.81. The molecule has 0 bridgehead atoms. The lowest BCUT2D eigenvalue weighted by atomic mass is 9.91. The van der Waals surface area contributed by atoms with Crippen LogP contribution in [0.1, 0.15) is 31.4 Å². The Balaban J connectivity index is 1.67. The topological polar surface area (TPSA) is 52.2 Å². The number of hydrogen-bond donors (Lipinski definition) is 2. The van der Waals surface area contributed by atoms with Crippen LogP contribution in [0, 0.1) is 0 Å². The van der Waals surface area contributed by atoms with Gasteiger partial charge in [0.15, 0.2) is 0 Å². The van der Waals surface area contributed by atoms with Gasteiger partial charge in [-0.05, 0) is 26.0 Å². The molecule has 1 aliphatic rings. The van der Waals surface area contributed by atoms with E-state index in [1.807, 2.05) is 18.2 Å². The Labute approximate surface area is 125 Å². The lowest BCUT2D eigenvalue weighted by molar-refractivity contribution is 0.0283. The maximum absolute atomic E-state index is 10.1. The van der Waals surface area contributed by atoms with Gasteiger partial charge >= 0.3 is 0 Å². The highest BCUT2D eigenvalue weighted by Gasteiger charge is 2.26. The summed E-state index contributed by atoms with van der Waals surface area (Å²) in [5.41, 5.74) is 3.19. The number of H-pyrrole nitrogens is 1. The number of aromatic nitrogens is 2. The molecule has 1 aromatic carbocycles. The first-order chi connectivity index (χ1) is 10.2. The average Bonchev–Trinajstić information content (AvgIpc) is 2.97. The van der Waals surface area contributed by atoms with Crippen molar-refractivity contribution in [1.82, 2.24) is 15.1 Å². The lowest BCUT2D eigenvalue weighted by Crippen LogP contribution is -2.42. The fourth-order valence-corrected chi connectivity index (χ4v) is 3.19. The summed E-state index contributed by atoms with van der Waals surface area (Å²) in [5, 5.41) is 17.6. The van der Waals surface area contributed by atoms with Gasteiger partial charge in [-0.2, -0.15) is 5.10 Å². The Morgan fingerprint density at radius 2 is 2.00 bits per heavy atom. The molecular formula is C17H23N3O. The van der Waals surface area contributed by atoms with Gasteiger partial charge in [0.25, 0.3) is 0 Å². The van der Waals surface area contributed by atoms with Crippen molar-refractivity contribution < 1.29 is 5.11 Å². The molecule has 1 aliphatic carbocycles. The van der Waals surface area contributed by atoms with Crippen molar-refractivity contribution in [2.24, 2.45) is 0 Å². The van der Waals surface area contributed by atoms with Crippen molar-refractivity contribution in [3.63, 3.8) is 0 Å². The molecule has 0 spiro atoms. The standard InChI is InChI=1S/C17H23N3O/c1-20(16-9-5-6-10-17(16)21)12-14-11-15(19-18-14)13-7-3-2-4-8-13/h2-4,7-8,11,16-17,21H,5-6,9-10,12H2,1H3,(H,18,19)/t16-,17-/m1/s1. The monoisotopic (exact) mass is 285 g/mol. The quantitative estimate of drug-likeness (QED) is 0.908. The van der Waals surface area contributed by atoms with E-state index < -0.39 is 0 Å². The molecule has 4 heteroatoms. The number of rotatable bonds is 4. The Morgan fingerprint density at radius 1 is 1.24 bits per heavy atom. The number of aromatic amines is 1. The molecule has 3 rings (SSSR count). The molecule has 1 fully saturated rings. The number of likely N-dealkylation sites (N-methyl/N-ethyl adjacent to an activating group) is 1. The summed E-state index contributed by atoms with van der Waals surface area (Å²) in [7, 11) is 2.09. The number of hydrogen-bond acceptors (Lipinski definition) is 3. The molecule has 0 aliphatic heterocycles. The van der Waals surface area contributed by atoms with Crippen molar-refractivity contribution in [2.75, 3.05) is 7.05 Å². The van der Waals surface area contributed by atoms with E-state index in [9.17, 15) is 5.11 Å². The van der Waals surface area contributed by atoms with E-state index in [1.165, 1.54) is 6.42 Å². The summed E-state index contributed by atoms with van der Waals surface area (Å²) in [4.78, 5) is 2.24. The molecule has 1 saturated carbocycles. The number of aliphatic hydroxyl groups excluding tert-OH is 1. The summed E-state index contributed by atoms with van der Waals surface area (Å²) in [6.45, 7) is 0.793. The molecule has 2 aromatic rings. The molecule has 0 radical (unpaired) electrons. The molecule has 21 heavy (non-hydrogen) atoms. The van der Waals surface area contributed by atoms with Crippen LogP contribution < -0.4 is 0 Å². The van der Waals surface area contributed by atoms with Crippen molar-refractivity contribution >= 4 is 0 Å². The van der Waals surface area contributed by atoms with Crippen molar-refractivity contribution in [3.8, 4) is 11.3 Å². The van der Waals surface area contributed by atoms with Crippen LogP contribution >= 0.6 is 0 Å². The normalized spacial score (nSPS) is 22.6. The van der Waals surface area contributed by atoms with E-state index >= 15 is 0 Å². The minimum Gasteiger partial charge on any atom is -0.391 e. The molecule has 2 atom stereocenters. The van der Waals surface area contributed by atoms with E-state index in [2.05, 4.69) is 40.3 Å². The van der Waals surface area contributed by atoms with E-state index in [4.69, 9.17) is 0 Å². The number of nitrogens with zero attached hydrogens (tertiary/aromatic N) is 2. The zero-order chi connectivity index (χ0) is 14.7. The molecule has 0 amide bonds. The van der Waals surface area contributed by atoms with Crippen LogP contribution in [0.4, 0.5) is 0 Å². The van der Waals surface area contributed by atoms with Crippen molar-refractivity contribution in [2.45, 2.75) is 44.4 Å². The second-order valence-corrected chi connectivity index (χ2v) is 5.98. The third kappa shape index (κ3) is 3.34. The van der Waals surface area contributed by atoms with E-state index in [1.54, 1.807) is 0 Å². The fraction of sp³-hybridized carbons (Fsp3) is 0.471. The van der Waals surface area contributed by atoms with Crippen LogP contribution in [-0.4, -0.2) is 39.4 Å². The van der Waals surface area contributed by atoms with Gasteiger partial charge in [-0.25, -0.2) is 0 Å². The van der Waals surface area contributed by atoms with Gasteiger partial charge in [-0.15, -0.1) is 0 Å². The zero-order valence-corrected chi connectivity index (χ0v) is 12.5. The van der Waals surface area contributed by atoms with Crippen LogP contribution in [0.25, 0.3) is 11.3 Å². The minimum atomic E-state index is -0.194. The Hall–Kier alpha value is -1.65. The highest BCUT2D eigenvalue weighted by Crippen LogP contribution is 2.24. The summed E-state index contributed by atoms with van der Waals surface area (Å²) >= 11 is 0. The molecule has 1 heterocycles. The second kappa shape index (κ2) is 6.41. The van der Waals surface area contributed by atoms with Crippen molar-refractivity contribution in [3.05, 3.63) is 42.1 Å². The predicted molar refractivity (Wildman–Crippen MR) is 83.8 cm³/mol. The van der Waals surface area contributed by atoms with Gasteiger partial charge < -0.3 is 5.11 Å². The molecular weight excluding hydrogens is 262 g/mol. The lowest BCUT2D eigenvalue weighted by Gasteiger charge is -2.34. The SMILES string of the molecule is CN(Cc1cc(-c2ccccc2)n[nH]1)[C@@H]1CCCC[C@H]1O. The Kier molecular flexibility index (Phi) is 4.36. The first-order valence-corrected chi connectivity index (χ1v) is 7.72. The number of nitrogens with one attached hydrogen (secondary N) is 1. The van der Waals surface area contributed by atoms with Crippen molar-refractivity contribution in [1.29, 1.82) is 0 Å². The second-order valence-electron chi connectivity index (χ2n) is 5.98. The molecule has 4 nitrogen and oxygen atoms in total. The van der Waals surface area contributed by atoms with Gasteiger partial charge in [0.1, 0.15) is 0 Å². The van der Waals surface area contributed by atoms with Crippen LogP contribution in [0.3, 0.4) is 0 Å². The van der Waals surface area contributed by atoms with E-state index in [-0.39, 0.29) is 12.1 Å². The number of aliphatic hydroxyl groups is 1. The molecule has 0 saturated heterocycles. The third-order valence-electron chi connectivity index (χ3n) is 4.38. The fourth-order valence-electron chi connectivity index (χ4n) is 3.19. The highest BCUT2D eigenvalue weighted by atomic mass is 16.3.